The predicted molar refractivity (Wildman–Crippen MR) is 62.0 cm³/mol. The number of β-amino-alcohol motifs (C(OH)–C–C–N with tert-alkyl or cyclic N) is 1. The molecule has 1 atom stereocenters. The number of piperidine rings is 2. The highest BCUT2D eigenvalue weighted by molar-refractivity contribution is 5.79. The van der Waals surface area contributed by atoms with Crippen LogP contribution in [-0.2, 0) is 4.79 Å². The third-order valence-electron chi connectivity index (χ3n) is 3.78. The molecule has 1 amide bonds. The molecule has 2 aliphatic rings. The third kappa shape index (κ3) is 2.74. The molecule has 2 fully saturated rings. The first kappa shape index (κ1) is 11.9. The molecule has 92 valence electrons. The third-order valence-corrected chi connectivity index (χ3v) is 3.78. The number of amides is 1. The van der Waals surface area contributed by atoms with E-state index in [0.29, 0.717) is 6.54 Å². The van der Waals surface area contributed by atoms with E-state index in [1.807, 2.05) is 4.90 Å². The van der Waals surface area contributed by atoms with Gasteiger partial charge in [0, 0.05) is 19.0 Å². The van der Waals surface area contributed by atoms with E-state index >= 15 is 0 Å². The van der Waals surface area contributed by atoms with Crippen molar-refractivity contribution in [2.24, 2.45) is 5.92 Å². The van der Waals surface area contributed by atoms with Crippen molar-refractivity contribution in [3.05, 3.63) is 0 Å². The lowest BCUT2D eigenvalue weighted by Crippen LogP contribution is -2.47. The molecule has 4 nitrogen and oxygen atoms in total. The van der Waals surface area contributed by atoms with E-state index in [-0.39, 0.29) is 17.9 Å². The molecule has 0 aromatic rings. The highest BCUT2D eigenvalue weighted by Gasteiger charge is 2.29. The van der Waals surface area contributed by atoms with Crippen LogP contribution in [0.4, 0.5) is 0 Å². The maximum absolute atomic E-state index is 12.2. The van der Waals surface area contributed by atoms with Gasteiger partial charge in [-0.15, -0.1) is 0 Å². The summed E-state index contributed by atoms with van der Waals surface area (Å²) in [5, 5.41) is 9.57. The summed E-state index contributed by atoms with van der Waals surface area (Å²) in [6.45, 7) is 3.42. The number of carbonyl (C=O) groups excluding carboxylic acids is 1. The van der Waals surface area contributed by atoms with Crippen molar-refractivity contribution in [2.45, 2.75) is 31.8 Å². The standard InChI is InChI=1S/C12H22N2O2/c1-13-7-4-10(5-8-13)12(16)14-6-2-3-11(15)9-14/h10-11,15H,2-9H2,1H3. The SMILES string of the molecule is CN1CCC(C(=O)N2CCCC(O)C2)CC1. The van der Waals surface area contributed by atoms with Gasteiger partial charge in [0.1, 0.15) is 0 Å². The zero-order valence-electron chi connectivity index (χ0n) is 10.1. The Morgan fingerprint density at radius 3 is 2.50 bits per heavy atom. The maximum Gasteiger partial charge on any atom is 0.225 e. The lowest BCUT2D eigenvalue weighted by atomic mass is 9.94. The molecule has 1 unspecified atom stereocenters. The molecule has 0 saturated carbocycles. The molecule has 0 aromatic carbocycles. The number of hydrogen-bond acceptors (Lipinski definition) is 3. The molecule has 0 aliphatic carbocycles. The number of rotatable bonds is 1. The molecular formula is C12H22N2O2. The molecule has 0 bridgehead atoms. The van der Waals surface area contributed by atoms with E-state index in [2.05, 4.69) is 11.9 Å². The van der Waals surface area contributed by atoms with Crippen LogP contribution in [0.1, 0.15) is 25.7 Å². The monoisotopic (exact) mass is 226 g/mol. The smallest absolute Gasteiger partial charge is 0.225 e. The molecule has 0 spiro atoms. The summed E-state index contributed by atoms with van der Waals surface area (Å²) in [7, 11) is 2.10. The van der Waals surface area contributed by atoms with Gasteiger partial charge in [-0.3, -0.25) is 4.79 Å². The molecule has 2 heterocycles. The van der Waals surface area contributed by atoms with Gasteiger partial charge in [-0.1, -0.05) is 0 Å². The number of carbonyl (C=O) groups is 1. The van der Waals surface area contributed by atoms with E-state index in [9.17, 15) is 9.90 Å². The predicted octanol–water partition coefficient (Wildman–Crippen LogP) is 0.311. The fraction of sp³-hybridized carbons (Fsp3) is 0.917. The second kappa shape index (κ2) is 5.15. The number of likely N-dealkylation sites (tertiary alicyclic amines) is 2. The second-order valence-corrected chi connectivity index (χ2v) is 5.16. The Bertz CT molecular complexity index is 249. The fourth-order valence-corrected chi connectivity index (χ4v) is 2.67. The van der Waals surface area contributed by atoms with Crippen molar-refractivity contribution in [1.29, 1.82) is 0 Å². The first-order valence-electron chi connectivity index (χ1n) is 6.32. The molecule has 16 heavy (non-hydrogen) atoms. The topological polar surface area (TPSA) is 43.8 Å². The van der Waals surface area contributed by atoms with Crippen LogP contribution in [-0.4, -0.2) is 60.1 Å². The summed E-state index contributed by atoms with van der Waals surface area (Å²) in [5.74, 6) is 0.466. The first-order valence-corrected chi connectivity index (χ1v) is 6.32. The van der Waals surface area contributed by atoms with Crippen molar-refractivity contribution >= 4 is 5.91 Å². The average molecular weight is 226 g/mol. The Morgan fingerprint density at radius 1 is 1.19 bits per heavy atom. The average Bonchev–Trinajstić information content (AvgIpc) is 2.29. The van der Waals surface area contributed by atoms with Gasteiger partial charge in [-0.2, -0.15) is 0 Å². The van der Waals surface area contributed by atoms with Gasteiger partial charge < -0.3 is 14.9 Å². The fourth-order valence-electron chi connectivity index (χ4n) is 2.67. The lowest BCUT2D eigenvalue weighted by molar-refractivity contribution is -0.140. The van der Waals surface area contributed by atoms with Crippen molar-refractivity contribution < 1.29 is 9.90 Å². The molecule has 0 radical (unpaired) electrons. The minimum Gasteiger partial charge on any atom is -0.391 e. The van der Waals surface area contributed by atoms with Gasteiger partial charge in [0.2, 0.25) is 5.91 Å². The minimum absolute atomic E-state index is 0.196. The summed E-state index contributed by atoms with van der Waals surface area (Å²) in [5.41, 5.74) is 0. The summed E-state index contributed by atoms with van der Waals surface area (Å²) < 4.78 is 0. The van der Waals surface area contributed by atoms with Crippen LogP contribution in [0.25, 0.3) is 0 Å². The summed E-state index contributed by atoms with van der Waals surface area (Å²) in [6, 6.07) is 0. The van der Waals surface area contributed by atoms with E-state index in [1.165, 1.54) is 0 Å². The highest BCUT2D eigenvalue weighted by atomic mass is 16.3. The Hall–Kier alpha value is -0.610. The summed E-state index contributed by atoms with van der Waals surface area (Å²) in [6.07, 6.45) is 3.43. The number of nitrogens with zero attached hydrogens (tertiary/aromatic N) is 2. The summed E-state index contributed by atoms with van der Waals surface area (Å²) >= 11 is 0. The second-order valence-electron chi connectivity index (χ2n) is 5.16. The molecule has 2 rings (SSSR count). The number of aliphatic hydroxyl groups excluding tert-OH is 1. The van der Waals surface area contributed by atoms with Crippen LogP contribution < -0.4 is 0 Å². The van der Waals surface area contributed by atoms with E-state index in [0.717, 1.165) is 45.3 Å². The van der Waals surface area contributed by atoms with Crippen LogP contribution in [0.3, 0.4) is 0 Å². The van der Waals surface area contributed by atoms with Crippen molar-refractivity contribution in [3.63, 3.8) is 0 Å². The van der Waals surface area contributed by atoms with Crippen LogP contribution in [0.15, 0.2) is 0 Å². The van der Waals surface area contributed by atoms with E-state index in [4.69, 9.17) is 0 Å². The van der Waals surface area contributed by atoms with Crippen molar-refractivity contribution in [1.82, 2.24) is 9.80 Å². The Labute approximate surface area is 97.2 Å². The molecular weight excluding hydrogens is 204 g/mol. The first-order chi connectivity index (χ1) is 7.66. The molecule has 0 aromatic heterocycles. The minimum atomic E-state index is -0.302. The largest absolute Gasteiger partial charge is 0.391 e. The van der Waals surface area contributed by atoms with Crippen LogP contribution in [0, 0.1) is 5.92 Å². The van der Waals surface area contributed by atoms with Gasteiger partial charge in [-0.25, -0.2) is 0 Å². The van der Waals surface area contributed by atoms with E-state index < -0.39 is 0 Å². The normalized spacial score (nSPS) is 29.4. The molecule has 2 saturated heterocycles. The zero-order chi connectivity index (χ0) is 11.5. The summed E-state index contributed by atoms with van der Waals surface area (Å²) in [4.78, 5) is 16.3. The van der Waals surface area contributed by atoms with Gasteiger partial charge >= 0.3 is 0 Å². The van der Waals surface area contributed by atoms with Crippen molar-refractivity contribution in [3.8, 4) is 0 Å². The molecule has 1 N–H and O–H groups in total. The number of hydrogen-bond donors (Lipinski definition) is 1. The Balaban J connectivity index is 1.86. The number of aliphatic hydroxyl groups is 1. The van der Waals surface area contributed by atoms with Gasteiger partial charge in [-0.05, 0) is 45.8 Å². The Kier molecular flexibility index (Phi) is 3.82. The quantitative estimate of drug-likeness (QED) is 0.700. The van der Waals surface area contributed by atoms with Gasteiger partial charge in [0.15, 0.2) is 0 Å². The van der Waals surface area contributed by atoms with Crippen LogP contribution in [0.5, 0.6) is 0 Å². The van der Waals surface area contributed by atoms with Crippen LogP contribution in [0.2, 0.25) is 0 Å². The van der Waals surface area contributed by atoms with E-state index in [1.54, 1.807) is 0 Å². The van der Waals surface area contributed by atoms with Crippen LogP contribution >= 0.6 is 0 Å². The molecule has 4 heteroatoms. The zero-order valence-corrected chi connectivity index (χ0v) is 10.1. The van der Waals surface area contributed by atoms with Gasteiger partial charge in [0.25, 0.3) is 0 Å². The lowest BCUT2D eigenvalue weighted by Gasteiger charge is -2.35. The van der Waals surface area contributed by atoms with Crippen molar-refractivity contribution in [2.75, 3.05) is 33.2 Å². The highest BCUT2D eigenvalue weighted by Crippen LogP contribution is 2.21. The maximum atomic E-state index is 12.2. The Morgan fingerprint density at radius 2 is 1.88 bits per heavy atom. The molecule has 2 aliphatic heterocycles. The van der Waals surface area contributed by atoms with Gasteiger partial charge in [0.05, 0.1) is 6.10 Å².